The van der Waals surface area contributed by atoms with Gasteiger partial charge in [-0.1, -0.05) is 25.1 Å². The highest BCUT2D eigenvalue weighted by Crippen LogP contribution is 2.39. The van der Waals surface area contributed by atoms with E-state index in [4.69, 9.17) is 4.42 Å². The molecule has 0 bridgehead atoms. The van der Waals surface area contributed by atoms with Crippen molar-refractivity contribution in [3.8, 4) is 23.0 Å². The maximum Gasteiger partial charge on any atom is 0.226 e. The second-order valence-electron chi connectivity index (χ2n) is 5.02. The smallest absolute Gasteiger partial charge is 0.226 e. The van der Waals surface area contributed by atoms with Gasteiger partial charge in [-0.15, -0.1) is 11.8 Å². The van der Waals surface area contributed by atoms with Crippen LogP contribution in [-0.4, -0.2) is 20.9 Å². The molecule has 0 saturated carbocycles. The number of hydrogen-bond donors (Lipinski definition) is 2. The molecule has 118 valence electrons. The Kier molecular flexibility index (Phi) is 4.57. The summed E-state index contributed by atoms with van der Waals surface area (Å²) in [4.78, 5) is 4.57. The first-order chi connectivity index (χ1) is 11.2. The van der Waals surface area contributed by atoms with E-state index in [-0.39, 0.29) is 16.7 Å². The molecule has 1 atom stereocenters. The molecule has 0 radical (unpaired) electrons. The number of phenols is 2. The van der Waals surface area contributed by atoms with Crippen molar-refractivity contribution in [2.24, 2.45) is 0 Å². The summed E-state index contributed by atoms with van der Waals surface area (Å²) in [6.07, 6.45) is 1.63. The summed E-state index contributed by atoms with van der Waals surface area (Å²) >= 11 is 1.69. The fourth-order valence-corrected chi connectivity index (χ4v) is 3.34. The van der Waals surface area contributed by atoms with Crippen molar-refractivity contribution in [1.82, 2.24) is 4.98 Å². The lowest BCUT2D eigenvalue weighted by molar-refractivity contribution is 0.469. The van der Waals surface area contributed by atoms with Gasteiger partial charge >= 0.3 is 0 Å². The quantitative estimate of drug-likeness (QED) is 0.717. The van der Waals surface area contributed by atoms with Gasteiger partial charge in [0.05, 0.1) is 10.9 Å². The number of aromatic hydroxyl groups is 2. The lowest BCUT2D eigenvalue weighted by Gasteiger charge is -2.14. The Labute approximate surface area is 138 Å². The third-order valence-corrected chi connectivity index (χ3v) is 4.62. The Morgan fingerprint density at radius 2 is 1.83 bits per heavy atom. The maximum atomic E-state index is 10.1. The first-order valence-corrected chi connectivity index (χ1v) is 8.38. The maximum absolute atomic E-state index is 10.1. The first-order valence-electron chi connectivity index (χ1n) is 7.33. The minimum Gasteiger partial charge on any atom is -0.508 e. The second kappa shape index (κ2) is 6.79. The van der Waals surface area contributed by atoms with Gasteiger partial charge < -0.3 is 14.6 Å². The molecule has 3 rings (SSSR count). The Bertz CT molecular complexity index is 783. The monoisotopic (exact) mass is 327 g/mol. The highest BCUT2D eigenvalue weighted by Gasteiger charge is 2.21. The number of para-hydroxylation sites is 1. The third-order valence-electron chi connectivity index (χ3n) is 3.46. The van der Waals surface area contributed by atoms with Crippen LogP contribution in [0.4, 0.5) is 0 Å². The molecule has 5 heteroatoms. The fourth-order valence-electron chi connectivity index (χ4n) is 2.35. The predicted octanol–water partition coefficient (Wildman–Crippen LogP) is 4.60. The summed E-state index contributed by atoms with van der Waals surface area (Å²) in [7, 11) is 0. The van der Waals surface area contributed by atoms with Crippen molar-refractivity contribution in [3.05, 3.63) is 66.1 Å². The molecule has 0 amide bonds. The molecule has 0 spiro atoms. The van der Waals surface area contributed by atoms with Crippen LogP contribution in [0, 0.1) is 0 Å². The highest BCUT2D eigenvalue weighted by molar-refractivity contribution is 7.99. The van der Waals surface area contributed by atoms with Crippen LogP contribution in [-0.2, 0) is 0 Å². The summed E-state index contributed by atoms with van der Waals surface area (Å²) in [6.45, 7) is 2.07. The van der Waals surface area contributed by atoms with Gasteiger partial charge in [-0.25, -0.2) is 4.98 Å². The molecule has 3 aromatic rings. The molecular formula is C18H17NO3S. The summed E-state index contributed by atoms with van der Waals surface area (Å²) in [5, 5.41) is 19.4. The van der Waals surface area contributed by atoms with Crippen molar-refractivity contribution in [1.29, 1.82) is 0 Å². The lowest BCUT2D eigenvalue weighted by Crippen LogP contribution is -1.98. The summed E-state index contributed by atoms with van der Waals surface area (Å²) in [5.74, 6) is 1.85. The number of rotatable bonds is 5. The van der Waals surface area contributed by atoms with Crippen LogP contribution >= 0.6 is 11.8 Å². The number of nitrogens with zero attached hydrogens (tertiary/aromatic N) is 1. The molecule has 0 fully saturated rings. The zero-order valence-corrected chi connectivity index (χ0v) is 13.5. The van der Waals surface area contributed by atoms with Gasteiger partial charge in [0.1, 0.15) is 17.8 Å². The van der Waals surface area contributed by atoms with Crippen molar-refractivity contribution >= 4 is 11.8 Å². The first kappa shape index (κ1) is 15.5. The van der Waals surface area contributed by atoms with E-state index in [0.717, 1.165) is 22.6 Å². The highest BCUT2D eigenvalue weighted by atomic mass is 32.2. The van der Waals surface area contributed by atoms with Crippen LogP contribution in [0.3, 0.4) is 0 Å². The number of hydrogen-bond acceptors (Lipinski definition) is 5. The van der Waals surface area contributed by atoms with Gasteiger partial charge in [0.15, 0.2) is 0 Å². The minimum absolute atomic E-state index is 0.0872. The molecule has 0 aliphatic rings. The number of benzene rings is 2. The van der Waals surface area contributed by atoms with E-state index in [2.05, 4.69) is 11.9 Å². The van der Waals surface area contributed by atoms with Crippen molar-refractivity contribution in [2.75, 3.05) is 5.75 Å². The van der Waals surface area contributed by atoms with Crippen LogP contribution in [0.2, 0.25) is 0 Å². The lowest BCUT2D eigenvalue weighted by atomic mass is 10.1. The number of phenolic OH excluding ortho intramolecular Hbond substituents is 2. The number of aromatic nitrogens is 1. The molecule has 1 heterocycles. The van der Waals surface area contributed by atoms with Gasteiger partial charge in [0, 0.05) is 11.1 Å². The van der Waals surface area contributed by atoms with Gasteiger partial charge in [-0.3, -0.25) is 0 Å². The zero-order chi connectivity index (χ0) is 16.2. The zero-order valence-electron chi connectivity index (χ0n) is 12.6. The molecule has 0 aliphatic heterocycles. The minimum atomic E-state index is -0.0872. The Morgan fingerprint density at radius 3 is 2.52 bits per heavy atom. The van der Waals surface area contributed by atoms with Gasteiger partial charge in [-0.2, -0.15) is 0 Å². The van der Waals surface area contributed by atoms with Crippen LogP contribution in [0.25, 0.3) is 11.5 Å². The van der Waals surface area contributed by atoms with E-state index in [1.54, 1.807) is 54.4 Å². The number of oxazole rings is 1. The average Bonchev–Trinajstić information content (AvgIpc) is 3.04. The normalized spacial score (nSPS) is 12.2. The van der Waals surface area contributed by atoms with Crippen molar-refractivity contribution in [2.45, 2.75) is 12.2 Å². The Hall–Kier alpha value is -2.40. The molecule has 4 nitrogen and oxygen atoms in total. The number of thioether (sulfide) groups is 1. The van der Waals surface area contributed by atoms with E-state index in [9.17, 15) is 10.2 Å². The second-order valence-corrected chi connectivity index (χ2v) is 6.40. The largest absolute Gasteiger partial charge is 0.508 e. The van der Waals surface area contributed by atoms with E-state index in [0.29, 0.717) is 5.89 Å². The average molecular weight is 327 g/mol. The molecular weight excluding hydrogens is 310 g/mol. The molecule has 0 aliphatic carbocycles. The molecule has 0 saturated heterocycles. The summed E-state index contributed by atoms with van der Waals surface area (Å²) < 4.78 is 5.59. The Balaban J connectivity index is 1.95. The fraction of sp³-hybridized carbons (Fsp3) is 0.167. The molecule has 23 heavy (non-hydrogen) atoms. The Morgan fingerprint density at radius 1 is 1.09 bits per heavy atom. The van der Waals surface area contributed by atoms with Gasteiger partial charge in [-0.05, 0) is 36.1 Å². The van der Waals surface area contributed by atoms with Gasteiger partial charge in [0.2, 0.25) is 5.89 Å². The van der Waals surface area contributed by atoms with E-state index >= 15 is 0 Å². The van der Waals surface area contributed by atoms with Crippen molar-refractivity contribution < 1.29 is 14.6 Å². The standard InChI is InChI=1S/C18H17NO3S/c1-2-23-17(14-5-3-4-6-16(14)21)15-11-22-18(19-15)12-7-9-13(20)10-8-12/h3-11,17,20-21H,2H2,1H3. The van der Waals surface area contributed by atoms with E-state index in [1.807, 2.05) is 12.1 Å². The van der Waals surface area contributed by atoms with Crippen LogP contribution in [0.5, 0.6) is 11.5 Å². The van der Waals surface area contributed by atoms with Crippen LogP contribution in [0.15, 0.2) is 59.2 Å². The van der Waals surface area contributed by atoms with E-state index < -0.39 is 0 Å². The van der Waals surface area contributed by atoms with E-state index in [1.165, 1.54) is 0 Å². The molecule has 1 unspecified atom stereocenters. The molecule has 2 N–H and O–H groups in total. The molecule has 1 aromatic heterocycles. The summed E-state index contributed by atoms with van der Waals surface area (Å²) in [6, 6.07) is 14.0. The van der Waals surface area contributed by atoms with Crippen LogP contribution in [0.1, 0.15) is 23.4 Å². The topological polar surface area (TPSA) is 66.5 Å². The van der Waals surface area contributed by atoms with Crippen LogP contribution < -0.4 is 0 Å². The SMILES string of the molecule is CCSC(c1coc(-c2ccc(O)cc2)n1)c1ccccc1O. The summed E-state index contributed by atoms with van der Waals surface area (Å²) in [5.41, 5.74) is 2.39. The molecule has 2 aromatic carbocycles. The third kappa shape index (κ3) is 3.35. The predicted molar refractivity (Wildman–Crippen MR) is 91.7 cm³/mol. The van der Waals surface area contributed by atoms with Gasteiger partial charge in [0.25, 0.3) is 0 Å². The van der Waals surface area contributed by atoms with Crippen molar-refractivity contribution in [3.63, 3.8) is 0 Å².